The third-order valence-electron chi connectivity index (χ3n) is 3.13. The van der Waals surface area contributed by atoms with Crippen LogP contribution in [-0.4, -0.2) is 17.6 Å². The molecule has 4 nitrogen and oxygen atoms in total. The fraction of sp³-hybridized carbons (Fsp3) is 0.286. The maximum absolute atomic E-state index is 11.9. The van der Waals surface area contributed by atoms with Crippen LogP contribution in [0.4, 0.5) is 0 Å². The lowest BCUT2D eigenvalue weighted by Gasteiger charge is -2.09. The van der Waals surface area contributed by atoms with E-state index in [1.165, 1.54) is 18.4 Å². The zero-order valence-corrected chi connectivity index (χ0v) is 11.9. The van der Waals surface area contributed by atoms with Crippen LogP contribution in [0.15, 0.2) is 29.1 Å². The second-order valence-corrected chi connectivity index (χ2v) is 5.41. The van der Waals surface area contributed by atoms with Gasteiger partial charge in [-0.15, -0.1) is 0 Å². The number of hydrogen-bond acceptors (Lipinski definition) is 4. The van der Waals surface area contributed by atoms with Gasteiger partial charge in [0.2, 0.25) is 0 Å². The highest BCUT2D eigenvalue weighted by Crippen LogP contribution is 2.15. The van der Waals surface area contributed by atoms with Gasteiger partial charge in [-0.05, 0) is 25.5 Å². The molecule has 0 aliphatic rings. The number of ether oxygens (including phenoxy) is 1. The summed E-state index contributed by atoms with van der Waals surface area (Å²) in [5.74, 6) is -0.381. The number of aryl methyl sites for hydroxylation is 1. The average Bonchev–Trinajstić information content (AvgIpc) is 2.65. The Balaban J connectivity index is 2.44. The van der Waals surface area contributed by atoms with E-state index in [0.717, 1.165) is 16.1 Å². The van der Waals surface area contributed by atoms with Gasteiger partial charge >= 0.3 is 10.8 Å². The number of esters is 1. The van der Waals surface area contributed by atoms with Gasteiger partial charge in [0.1, 0.15) is 0 Å². The Labute approximate surface area is 115 Å². The predicted molar refractivity (Wildman–Crippen MR) is 74.9 cm³/mol. The van der Waals surface area contributed by atoms with Gasteiger partial charge < -0.3 is 4.74 Å². The van der Waals surface area contributed by atoms with Crippen LogP contribution in [0.5, 0.6) is 0 Å². The number of hydrogen-bond donors (Lipinski definition) is 0. The van der Waals surface area contributed by atoms with E-state index in [0.29, 0.717) is 12.1 Å². The molecule has 1 aromatic heterocycles. The van der Waals surface area contributed by atoms with Crippen molar-refractivity contribution >= 4 is 17.3 Å². The zero-order valence-electron chi connectivity index (χ0n) is 11.1. The molecule has 0 radical (unpaired) electrons. The minimum Gasteiger partial charge on any atom is -0.465 e. The molecule has 2 aromatic rings. The van der Waals surface area contributed by atoms with Crippen LogP contribution >= 0.6 is 11.3 Å². The molecule has 0 spiro atoms. The first-order valence-corrected chi connectivity index (χ1v) is 6.69. The van der Waals surface area contributed by atoms with Gasteiger partial charge in [0, 0.05) is 10.6 Å². The summed E-state index contributed by atoms with van der Waals surface area (Å²) in [6.07, 6.45) is 0. The number of benzene rings is 1. The molecular weight excluding hydrogens is 262 g/mol. The first kappa shape index (κ1) is 13.5. The molecule has 19 heavy (non-hydrogen) atoms. The van der Waals surface area contributed by atoms with E-state index in [9.17, 15) is 9.59 Å². The summed E-state index contributed by atoms with van der Waals surface area (Å²) in [7, 11) is 1.35. The Morgan fingerprint density at radius 2 is 2.00 bits per heavy atom. The number of aromatic nitrogens is 1. The van der Waals surface area contributed by atoms with Crippen LogP contribution in [0.25, 0.3) is 0 Å². The summed E-state index contributed by atoms with van der Waals surface area (Å²) in [6.45, 7) is 4.22. The molecule has 100 valence electrons. The summed E-state index contributed by atoms with van der Waals surface area (Å²) in [4.78, 5) is 24.6. The third kappa shape index (κ3) is 2.61. The minimum absolute atomic E-state index is 0.00494. The van der Waals surface area contributed by atoms with Crippen LogP contribution in [0.2, 0.25) is 0 Å². The molecule has 0 N–H and O–H groups in total. The fourth-order valence-electron chi connectivity index (χ4n) is 1.91. The molecule has 0 saturated carbocycles. The standard InChI is InChI=1S/C14H15NO3S/c1-9-10(2)19-14(17)15(9)8-11-6-4-5-7-12(11)13(16)18-3/h4-7H,8H2,1-3H3. The number of rotatable bonds is 3. The van der Waals surface area contributed by atoms with E-state index < -0.39 is 0 Å². The number of methoxy groups -OCH3 is 1. The van der Waals surface area contributed by atoms with Crippen molar-refractivity contribution in [1.82, 2.24) is 4.57 Å². The number of carbonyl (C=O) groups is 1. The molecule has 1 heterocycles. The molecule has 0 saturated heterocycles. The van der Waals surface area contributed by atoms with Crippen molar-refractivity contribution < 1.29 is 9.53 Å². The van der Waals surface area contributed by atoms with E-state index in [4.69, 9.17) is 4.74 Å². The zero-order chi connectivity index (χ0) is 14.0. The van der Waals surface area contributed by atoms with Crippen molar-refractivity contribution in [2.45, 2.75) is 20.4 Å². The lowest BCUT2D eigenvalue weighted by Crippen LogP contribution is -2.17. The first-order valence-electron chi connectivity index (χ1n) is 5.87. The van der Waals surface area contributed by atoms with E-state index in [1.54, 1.807) is 16.7 Å². The monoisotopic (exact) mass is 277 g/mol. The Morgan fingerprint density at radius 3 is 2.58 bits per heavy atom. The van der Waals surface area contributed by atoms with Gasteiger partial charge in [-0.2, -0.15) is 0 Å². The maximum atomic E-state index is 11.9. The van der Waals surface area contributed by atoms with Gasteiger partial charge in [0.05, 0.1) is 19.2 Å². The Hall–Kier alpha value is -1.88. The number of thiazole rings is 1. The summed E-state index contributed by atoms with van der Waals surface area (Å²) in [5, 5.41) is 0. The quantitative estimate of drug-likeness (QED) is 0.809. The lowest BCUT2D eigenvalue weighted by atomic mass is 10.1. The van der Waals surface area contributed by atoms with E-state index >= 15 is 0 Å². The summed E-state index contributed by atoms with van der Waals surface area (Å²) < 4.78 is 6.44. The molecule has 0 bridgehead atoms. The van der Waals surface area contributed by atoms with Crippen molar-refractivity contribution in [3.63, 3.8) is 0 Å². The van der Waals surface area contributed by atoms with E-state index in [1.807, 2.05) is 26.0 Å². The number of carbonyl (C=O) groups excluding carboxylic acids is 1. The molecule has 0 amide bonds. The minimum atomic E-state index is -0.381. The SMILES string of the molecule is COC(=O)c1ccccc1Cn1c(C)c(C)sc1=O. The van der Waals surface area contributed by atoms with Crippen LogP contribution < -0.4 is 4.87 Å². The molecular formula is C14H15NO3S. The molecule has 2 rings (SSSR count). The Kier molecular flexibility index (Phi) is 3.85. The molecule has 0 aliphatic heterocycles. The topological polar surface area (TPSA) is 48.3 Å². The van der Waals surface area contributed by atoms with Crippen LogP contribution in [0.1, 0.15) is 26.5 Å². The van der Waals surface area contributed by atoms with Gasteiger partial charge in [-0.1, -0.05) is 29.5 Å². The molecule has 0 atom stereocenters. The smallest absolute Gasteiger partial charge is 0.338 e. The van der Waals surface area contributed by atoms with E-state index in [2.05, 4.69) is 0 Å². The largest absolute Gasteiger partial charge is 0.465 e. The molecule has 5 heteroatoms. The first-order chi connectivity index (χ1) is 9.04. The third-order valence-corrected chi connectivity index (χ3v) is 4.12. The van der Waals surface area contributed by atoms with Gasteiger partial charge in [0.15, 0.2) is 0 Å². The summed E-state index contributed by atoms with van der Waals surface area (Å²) in [5.41, 5.74) is 2.23. The molecule has 0 aliphatic carbocycles. The van der Waals surface area contributed by atoms with Crippen molar-refractivity contribution in [2.24, 2.45) is 0 Å². The Morgan fingerprint density at radius 1 is 1.32 bits per heavy atom. The van der Waals surface area contributed by atoms with Crippen LogP contribution in [0, 0.1) is 13.8 Å². The lowest BCUT2D eigenvalue weighted by molar-refractivity contribution is 0.0599. The van der Waals surface area contributed by atoms with Crippen molar-refractivity contribution in [3.8, 4) is 0 Å². The second kappa shape index (κ2) is 5.40. The average molecular weight is 277 g/mol. The van der Waals surface area contributed by atoms with Crippen LogP contribution in [0.3, 0.4) is 0 Å². The predicted octanol–water partition coefficient (Wildman–Crippen LogP) is 2.36. The highest BCUT2D eigenvalue weighted by atomic mass is 32.1. The highest BCUT2D eigenvalue weighted by Gasteiger charge is 2.14. The van der Waals surface area contributed by atoms with Crippen molar-refractivity contribution in [1.29, 1.82) is 0 Å². The molecule has 1 aromatic carbocycles. The summed E-state index contributed by atoms with van der Waals surface area (Å²) >= 11 is 1.23. The van der Waals surface area contributed by atoms with Gasteiger partial charge in [-0.25, -0.2) is 4.79 Å². The second-order valence-electron chi connectivity index (χ2n) is 4.24. The van der Waals surface area contributed by atoms with Gasteiger partial charge in [-0.3, -0.25) is 9.36 Å². The fourth-order valence-corrected chi connectivity index (χ4v) is 2.74. The normalized spacial score (nSPS) is 10.5. The molecule has 0 unspecified atom stereocenters. The highest BCUT2D eigenvalue weighted by molar-refractivity contribution is 7.09. The van der Waals surface area contributed by atoms with Crippen molar-refractivity contribution in [3.05, 3.63) is 55.6 Å². The maximum Gasteiger partial charge on any atom is 0.338 e. The Bertz CT molecular complexity index is 670. The van der Waals surface area contributed by atoms with Crippen molar-refractivity contribution in [2.75, 3.05) is 7.11 Å². The van der Waals surface area contributed by atoms with Crippen LogP contribution in [-0.2, 0) is 11.3 Å². The van der Waals surface area contributed by atoms with Gasteiger partial charge in [0.25, 0.3) is 0 Å². The summed E-state index contributed by atoms with van der Waals surface area (Å²) in [6, 6.07) is 7.18. The number of nitrogens with zero attached hydrogens (tertiary/aromatic N) is 1. The molecule has 0 fully saturated rings. The van der Waals surface area contributed by atoms with E-state index in [-0.39, 0.29) is 10.8 Å².